The first-order chi connectivity index (χ1) is 14.8. The topological polar surface area (TPSA) is 124 Å². The van der Waals surface area contributed by atoms with Crippen LogP contribution in [0.3, 0.4) is 0 Å². The molecular formula is C21H25NO9. The number of aliphatic hydroxyl groups excluding tert-OH is 1. The number of rotatable bonds is 9. The van der Waals surface area contributed by atoms with Gasteiger partial charge in [-0.05, 0) is 17.7 Å². The van der Waals surface area contributed by atoms with Gasteiger partial charge in [-0.1, -0.05) is 6.07 Å². The minimum Gasteiger partial charge on any atom is -0.493 e. The van der Waals surface area contributed by atoms with Gasteiger partial charge in [-0.25, -0.2) is 4.79 Å². The molecule has 0 aliphatic carbocycles. The zero-order valence-electron chi connectivity index (χ0n) is 17.9. The molecule has 0 bridgehead atoms. The summed E-state index contributed by atoms with van der Waals surface area (Å²) in [6.07, 6.45) is -1.34. The number of nitrogens with zero attached hydrogens (tertiary/aromatic N) is 1. The molecule has 0 radical (unpaired) electrons. The summed E-state index contributed by atoms with van der Waals surface area (Å²) in [5, 5.41) is 20.0. The van der Waals surface area contributed by atoms with Gasteiger partial charge >= 0.3 is 12.1 Å². The first-order valence-electron chi connectivity index (χ1n) is 9.10. The van der Waals surface area contributed by atoms with E-state index in [1.165, 1.54) is 59.6 Å². The summed E-state index contributed by atoms with van der Waals surface area (Å²) in [6, 6.07) is 6.39. The lowest BCUT2D eigenvalue weighted by Crippen LogP contribution is -2.35. The first kappa shape index (κ1) is 23.6. The fraction of sp³-hybridized carbons (Fsp3) is 0.333. The predicted octanol–water partition coefficient (Wildman–Crippen LogP) is 2.86. The lowest BCUT2D eigenvalue weighted by Gasteiger charge is -2.29. The molecule has 0 aliphatic heterocycles. The van der Waals surface area contributed by atoms with Crippen molar-refractivity contribution < 1.29 is 43.5 Å². The number of aliphatic hydroxyl groups is 1. The highest BCUT2D eigenvalue weighted by Crippen LogP contribution is 2.43. The van der Waals surface area contributed by atoms with Crippen molar-refractivity contribution in [1.29, 1.82) is 0 Å². The highest BCUT2D eigenvalue weighted by molar-refractivity contribution is 5.88. The van der Waals surface area contributed by atoms with E-state index in [4.69, 9.17) is 23.7 Å². The second kappa shape index (κ2) is 10.4. The normalized spacial score (nSPS) is 11.3. The number of methoxy groups -OCH3 is 4. The molecule has 2 rings (SSSR count). The SMILES string of the molecule is COc1ccc([C@@H](CO)N(C(=O)O)c2cc(OC)c(OC)c(OC)c2)cc1OC(C)=O. The Balaban J connectivity index is 2.63. The molecule has 2 N–H and O–H groups in total. The van der Waals surface area contributed by atoms with Gasteiger partial charge < -0.3 is 33.9 Å². The van der Waals surface area contributed by atoms with Crippen molar-refractivity contribution in [2.45, 2.75) is 13.0 Å². The molecule has 0 saturated carbocycles. The number of anilines is 1. The van der Waals surface area contributed by atoms with Crippen LogP contribution in [0.2, 0.25) is 0 Å². The van der Waals surface area contributed by atoms with Crippen LogP contribution in [0, 0.1) is 0 Å². The molecule has 0 fully saturated rings. The van der Waals surface area contributed by atoms with Gasteiger partial charge in [0.25, 0.3) is 0 Å². The van der Waals surface area contributed by atoms with Crippen molar-refractivity contribution in [2.24, 2.45) is 0 Å². The Morgan fingerprint density at radius 2 is 1.48 bits per heavy atom. The van der Waals surface area contributed by atoms with Crippen molar-refractivity contribution >= 4 is 17.7 Å². The Bertz CT molecular complexity index is 919. The second-order valence-corrected chi connectivity index (χ2v) is 6.24. The summed E-state index contributed by atoms with van der Waals surface area (Å²) in [4.78, 5) is 24.6. The number of carbonyl (C=O) groups excluding carboxylic acids is 1. The molecule has 31 heavy (non-hydrogen) atoms. The monoisotopic (exact) mass is 435 g/mol. The Hall–Kier alpha value is -3.66. The van der Waals surface area contributed by atoms with E-state index in [2.05, 4.69) is 0 Å². The molecule has 0 saturated heterocycles. The minimum atomic E-state index is -1.34. The van der Waals surface area contributed by atoms with E-state index in [9.17, 15) is 19.8 Å². The van der Waals surface area contributed by atoms with Crippen molar-refractivity contribution in [3.63, 3.8) is 0 Å². The Morgan fingerprint density at radius 3 is 1.90 bits per heavy atom. The Morgan fingerprint density at radius 1 is 0.903 bits per heavy atom. The molecule has 0 spiro atoms. The molecular weight excluding hydrogens is 410 g/mol. The third-order valence-corrected chi connectivity index (χ3v) is 4.44. The van der Waals surface area contributed by atoms with E-state index >= 15 is 0 Å². The third-order valence-electron chi connectivity index (χ3n) is 4.44. The van der Waals surface area contributed by atoms with Crippen LogP contribution in [-0.4, -0.2) is 57.3 Å². The number of amides is 1. The number of carbonyl (C=O) groups is 2. The summed E-state index contributed by atoms with van der Waals surface area (Å²) in [7, 11) is 5.65. The van der Waals surface area contributed by atoms with E-state index in [1.54, 1.807) is 6.07 Å². The summed E-state index contributed by atoms with van der Waals surface area (Å²) in [6.45, 7) is 0.671. The van der Waals surface area contributed by atoms with Gasteiger partial charge in [-0.3, -0.25) is 9.69 Å². The van der Waals surface area contributed by atoms with E-state index < -0.39 is 24.7 Å². The Labute approximate surface area is 179 Å². The highest BCUT2D eigenvalue weighted by Gasteiger charge is 2.29. The van der Waals surface area contributed by atoms with E-state index in [-0.39, 0.29) is 28.7 Å². The molecule has 10 nitrogen and oxygen atoms in total. The van der Waals surface area contributed by atoms with Crippen molar-refractivity contribution in [1.82, 2.24) is 0 Å². The predicted molar refractivity (Wildman–Crippen MR) is 111 cm³/mol. The molecule has 1 atom stereocenters. The number of esters is 1. The lowest BCUT2D eigenvalue weighted by atomic mass is 10.0. The molecule has 0 aromatic heterocycles. The molecule has 0 aliphatic rings. The van der Waals surface area contributed by atoms with Crippen LogP contribution in [0.25, 0.3) is 0 Å². The molecule has 10 heteroatoms. The summed E-state index contributed by atoms with van der Waals surface area (Å²) in [5.74, 6) is 0.591. The molecule has 168 valence electrons. The van der Waals surface area contributed by atoms with Crippen molar-refractivity contribution in [2.75, 3.05) is 39.9 Å². The highest BCUT2D eigenvalue weighted by atomic mass is 16.6. The molecule has 0 unspecified atom stereocenters. The summed E-state index contributed by atoms with van der Waals surface area (Å²) in [5.41, 5.74) is 0.543. The maximum atomic E-state index is 12.2. The number of ether oxygens (including phenoxy) is 5. The van der Waals surface area contributed by atoms with Gasteiger partial charge in [0.2, 0.25) is 5.75 Å². The van der Waals surface area contributed by atoms with Crippen LogP contribution < -0.4 is 28.6 Å². The van der Waals surface area contributed by atoms with Gasteiger partial charge in [-0.2, -0.15) is 0 Å². The quantitative estimate of drug-likeness (QED) is 0.452. The van der Waals surface area contributed by atoms with E-state index in [0.717, 1.165) is 4.90 Å². The zero-order chi connectivity index (χ0) is 23.1. The van der Waals surface area contributed by atoms with Crippen LogP contribution in [0.15, 0.2) is 30.3 Å². The van der Waals surface area contributed by atoms with Crippen LogP contribution >= 0.6 is 0 Å². The fourth-order valence-corrected chi connectivity index (χ4v) is 3.10. The molecule has 2 aromatic rings. The second-order valence-electron chi connectivity index (χ2n) is 6.24. The van der Waals surface area contributed by atoms with E-state index in [1.807, 2.05) is 0 Å². The maximum Gasteiger partial charge on any atom is 0.412 e. The van der Waals surface area contributed by atoms with Crippen LogP contribution in [0.1, 0.15) is 18.5 Å². The number of carboxylic acid groups (broad SMARTS) is 1. The third kappa shape index (κ3) is 5.10. The average Bonchev–Trinajstić information content (AvgIpc) is 2.75. The number of benzene rings is 2. The van der Waals surface area contributed by atoms with Gasteiger partial charge in [0.15, 0.2) is 23.0 Å². The van der Waals surface area contributed by atoms with Crippen LogP contribution in [0.4, 0.5) is 10.5 Å². The van der Waals surface area contributed by atoms with Gasteiger partial charge in [0.05, 0.1) is 46.8 Å². The molecule has 0 heterocycles. The molecule has 2 aromatic carbocycles. The lowest BCUT2D eigenvalue weighted by molar-refractivity contribution is -0.132. The van der Waals surface area contributed by atoms with Crippen LogP contribution in [0.5, 0.6) is 28.7 Å². The zero-order valence-corrected chi connectivity index (χ0v) is 17.9. The fourth-order valence-electron chi connectivity index (χ4n) is 3.10. The summed E-state index contributed by atoms with van der Waals surface area (Å²) >= 11 is 0. The minimum absolute atomic E-state index is 0.0983. The van der Waals surface area contributed by atoms with Crippen molar-refractivity contribution in [3.8, 4) is 28.7 Å². The van der Waals surface area contributed by atoms with E-state index in [0.29, 0.717) is 11.3 Å². The van der Waals surface area contributed by atoms with Gasteiger partial charge in [0.1, 0.15) is 0 Å². The number of hydrogen-bond donors (Lipinski definition) is 2. The van der Waals surface area contributed by atoms with Crippen molar-refractivity contribution in [3.05, 3.63) is 35.9 Å². The average molecular weight is 435 g/mol. The van der Waals surface area contributed by atoms with Crippen LogP contribution in [-0.2, 0) is 4.79 Å². The van der Waals surface area contributed by atoms with Gasteiger partial charge in [-0.15, -0.1) is 0 Å². The largest absolute Gasteiger partial charge is 0.493 e. The summed E-state index contributed by atoms with van der Waals surface area (Å²) < 4.78 is 26.2. The van der Waals surface area contributed by atoms with Gasteiger partial charge in [0, 0.05) is 19.1 Å². The Kier molecular flexibility index (Phi) is 7.92. The standard InChI is InChI=1S/C21H25NO9/c1-12(24)31-17-8-13(6-7-16(17)27-2)15(11-23)22(21(25)26)14-9-18(28-3)20(30-5)19(10-14)29-4/h6-10,15,23H,11H2,1-5H3,(H,25,26)/t15-/m1/s1. The number of hydrogen-bond acceptors (Lipinski definition) is 8. The maximum absolute atomic E-state index is 12.2. The molecule has 1 amide bonds. The smallest absolute Gasteiger partial charge is 0.412 e. The first-order valence-corrected chi connectivity index (χ1v) is 9.10.